The molecular weight excluding hydrogens is 198 g/mol. The third kappa shape index (κ3) is 1.46. The van der Waals surface area contributed by atoms with Gasteiger partial charge in [0, 0.05) is 7.05 Å². The van der Waals surface area contributed by atoms with E-state index in [-0.39, 0.29) is 5.76 Å². The van der Waals surface area contributed by atoms with Gasteiger partial charge in [-0.15, -0.1) is 0 Å². The van der Waals surface area contributed by atoms with Gasteiger partial charge in [0.15, 0.2) is 5.58 Å². The summed E-state index contributed by atoms with van der Waals surface area (Å²) in [5.74, 6) is 0.478. The van der Waals surface area contributed by atoms with Crippen LogP contribution in [0.15, 0.2) is 27.4 Å². The molecule has 2 rings (SSSR count). The van der Waals surface area contributed by atoms with Crippen molar-refractivity contribution in [2.75, 3.05) is 5.75 Å². The predicted octanol–water partition coefficient (Wildman–Crippen LogP) is 1.60. The molecule has 14 heavy (non-hydrogen) atoms. The second kappa shape index (κ2) is 3.53. The zero-order chi connectivity index (χ0) is 10.1. The molecule has 4 heteroatoms. The Morgan fingerprint density at radius 2 is 2.29 bits per heavy atom. The highest BCUT2D eigenvalue weighted by Gasteiger charge is 2.05. The van der Waals surface area contributed by atoms with Gasteiger partial charge in [-0.3, -0.25) is 4.57 Å². The maximum absolute atomic E-state index is 11.2. The topological polar surface area (TPSA) is 35.1 Å². The zero-order valence-electron chi connectivity index (χ0n) is 7.86. The van der Waals surface area contributed by atoms with E-state index in [9.17, 15) is 4.79 Å². The molecule has 0 fully saturated rings. The third-order valence-corrected chi connectivity index (χ3v) is 2.48. The average molecular weight is 209 g/mol. The molecule has 2 aromatic rings. The Morgan fingerprint density at radius 1 is 1.50 bits per heavy atom. The van der Waals surface area contributed by atoms with Crippen LogP contribution >= 0.6 is 12.6 Å². The Hall–Kier alpha value is -1.16. The van der Waals surface area contributed by atoms with Crippen molar-refractivity contribution in [1.82, 2.24) is 4.57 Å². The van der Waals surface area contributed by atoms with Crippen LogP contribution in [0, 0.1) is 0 Å². The van der Waals surface area contributed by atoms with E-state index >= 15 is 0 Å². The van der Waals surface area contributed by atoms with E-state index < -0.39 is 0 Å². The van der Waals surface area contributed by atoms with Gasteiger partial charge in [0.2, 0.25) is 0 Å². The molecule has 1 aromatic heterocycles. The van der Waals surface area contributed by atoms with Gasteiger partial charge in [0.25, 0.3) is 0 Å². The van der Waals surface area contributed by atoms with Crippen LogP contribution in [0.2, 0.25) is 0 Å². The molecule has 0 aliphatic rings. The molecule has 1 heterocycles. The molecule has 0 atom stereocenters. The Labute approximate surface area is 86.7 Å². The van der Waals surface area contributed by atoms with Gasteiger partial charge < -0.3 is 4.42 Å². The number of oxazole rings is 1. The molecule has 0 saturated heterocycles. The quantitative estimate of drug-likeness (QED) is 0.762. The number of rotatable bonds is 2. The summed E-state index contributed by atoms with van der Waals surface area (Å²) in [4.78, 5) is 11.2. The molecule has 0 aliphatic heterocycles. The Morgan fingerprint density at radius 3 is 3.00 bits per heavy atom. The van der Waals surface area contributed by atoms with E-state index in [0.717, 1.165) is 23.3 Å². The molecule has 0 radical (unpaired) electrons. The molecule has 0 unspecified atom stereocenters. The second-order valence-corrected chi connectivity index (χ2v) is 3.65. The lowest BCUT2D eigenvalue weighted by Gasteiger charge is -1.97. The van der Waals surface area contributed by atoms with E-state index in [2.05, 4.69) is 12.6 Å². The number of aromatic nitrogens is 1. The van der Waals surface area contributed by atoms with E-state index in [1.165, 1.54) is 4.57 Å². The lowest BCUT2D eigenvalue weighted by atomic mass is 10.1. The minimum absolute atomic E-state index is 0.317. The summed E-state index contributed by atoms with van der Waals surface area (Å²) in [7, 11) is 1.70. The summed E-state index contributed by atoms with van der Waals surface area (Å²) in [5, 5.41) is 0. The fourth-order valence-corrected chi connectivity index (χ4v) is 1.72. The fourth-order valence-electron chi connectivity index (χ4n) is 1.46. The van der Waals surface area contributed by atoms with E-state index in [1.807, 2.05) is 18.2 Å². The maximum atomic E-state index is 11.2. The van der Waals surface area contributed by atoms with Crippen LogP contribution in [-0.4, -0.2) is 10.3 Å². The van der Waals surface area contributed by atoms with Crippen molar-refractivity contribution in [3.05, 3.63) is 34.3 Å². The zero-order valence-corrected chi connectivity index (χ0v) is 8.75. The molecule has 0 N–H and O–H groups in total. The average Bonchev–Trinajstić information content (AvgIpc) is 2.43. The number of thiol groups is 1. The largest absolute Gasteiger partial charge is 0.419 e. The molecule has 3 nitrogen and oxygen atoms in total. The number of hydrogen-bond acceptors (Lipinski definition) is 3. The number of hydrogen-bond donors (Lipinski definition) is 1. The number of aryl methyl sites for hydroxylation is 2. The normalized spacial score (nSPS) is 11.0. The minimum Gasteiger partial charge on any atom is -0.408 e. The summed E-state index contributed by atoms with van der Waals surface area (Å²) in [6.45, 7) is 0. The van der Waals surface area contributed by atoms with E-state index in [1.54, 1.807) is 7.05 Å². The van der Waals surface area contributed by atoms with Crippen LogP contribution in [0.5, 0.6) is 0 Å². The van der Waals surface area contributed by atoms with E-state index in [4.69, 9.17) is 4.42 Å². The summed E-state index contributed by atoms with van der Waals surface area (Å²) >= 11 is 4.15. The van der Waals surface area contributed by atoms with Crippen LogP contribution in [0.25, 0.3) is 11.1 Å². The van der Waals surface area contributed by atoms with Crippen LogP contribution in [-0.2, 0) is 13.5 Å². The van der Waals surface area contributed by atoms with Gasteiger partial charge in [0.1, 0.15) is 0 Å². The van der Waals surface area contributed by atoms with Crippen molar-refractivity contribution >= 4 is 23.7 Å². The SMILES string of the molecule is Cn1c(=O)oc2cc(CCS)ccc21. The van der Waals surface area contributed by atoms with Crippen molar-refractivity contribution in [1.29, 1.82) is 0 Å². The van der Waals surface area contributed by atoms with Crippen molar-refractivity contribution in [2.45, 2.75) is 6.42 Å². The van der Waals surface area contributed by atoms with Gasteiger partial charge in [-0.05, 0) is 29.9 Å². The Bertz CT molecular complexity index is 512. The maximum Gasteiger partial charge on any atom is 0.419 e. The van der Waals surface area contributed by atoms with Gasteiger partial charge in [0.05, 0.1) is 5.52 Å². The second-order valence-electron chi connectivity index (χ2n) is 3.20. The van der Waals surface area contributed by atoms with Gasteiger partial charge in [-0.1, -0.05) is 6.07 Å². The van der Waals surface area contributed by atoms with Crippen molar-refractivity contribution in [2.24, 2.45) is 7.05 Å². The Kier molecular flexibility index (Phi) is 2.37. The van der Waals surface area contributed by atoms with Crippen LogP contribution in [0.4, 0.5) is 0 Å². The summed E-state index contributed by atoms with van der Waals surface area (Å²) in [6, 6.07) is 5.79. The molecule has 0 spiro atoms. The van der Waals surface area contributed by atoms with Gasteiger partial charge in [-0.25, -0.2) is 4.79 Å². The first-order valence-corrected chi connectivity index (χ1v) is 5.05. The molecule has 1 aromatic carbocycles. The smallest absolute Gasteiger partial charge is 0.408 e. The Balaban J connectivity index is 2.61. The lowest BCUT2D eigenvalue weighted by Crippen LogP contribution is -2.08. The predicted molar refractivity (Wildman–Crippen MR) is 59.0 cm³/mol. The first-order valence-electron chi connectivity index (χ1n) is 4.41. The molecule has 0 aliphatic carbocycles. The summed E-state index contributed by atoms with van der Waals surface area (Å²) in [5.41, 5.74) is 2.62. The highest BCUT2D eigenvalue weighted by atomic mass is 32.1. The molecule has 0 bridgehead atoms. The molecule has 0 saturated carbocycles. The number of benzene rings is 1. The summed E-state index contributed by atoms with van der Waals surface area (Å²) in [6.07, 6.45) is 0.887. The van der Waals surface area contributed by atoms with Gasteiger partial charge >= 0.3 is 5.76 Å². The van der Waals surface area contributed by atoms with E-state index in [0.29, 0.717) is 5.58 Å². The molecule has 74 valence electrons. The van der Waals surface area contributed by atoms with Crippen LogP contribution < -0.4 is 5.76 Å². The molecular formula is C10H11NO2S. The first kappa shape index (κ1) is 9.40. The number of nitrogens with zero attached hydrogens (tertiary/aromatic N) is 1. The first-order chi connectivity index (χ1) is 6.72. The summed E-state index contributed by atoms with van der Waals surface area (Å²) < 4.78 is 6.57. The van der Waals surface area contributed by atoms with Crippen LogP contribution in [0.1, 0.15) is 5.56 Å². The van der Waals surface area contributed by atoms with Gasteiger partial charge in [-0.2, -0.15) is 12.6 Å². The van der Waals surface area contributed by atoms with Crippen molar-refractivity contribution < 1.29 is 4.42 Å². The highest BCUT2D eigenvalue weighted by Crippen LogP contribution is 2.14. The minimum atomic E-state index is -0.317. The van der Waals surface area contributed by atoms with Crippen molar-refractivity contribution in [3.8, 4) is 0 Å². The standard InChI is InChI=1S/C10H11NO2S/c1-11-8-3-2-7(4-5-14)6-9(8)13-10(11)12/h2-3,6,14H,4-5H2,1H3. The van der Waals surface area contributed by atoms with Crippen LogP contribution in [0.3, 0.4) is 0 Å². The number of fused-ring (bicyclic) bond motifs is 1. The van der Waals surface area contributed by atoms with Crippen molar-refractivity contribution in [3.63, 3.8) is 0 Å². The fraction of sp³-hybridized carbons (Fsp3) is 0.300. The third-order valence-electron chi connectivity index (χ3n) is 2.26. The molecule has 0 amide bonds. The lowest BCUT2D eigenvalue weighted by molar-refractivity contribution is 0.528. The monoisotopic (exact) mass is 209 g/mol. The highest BCUT2D eigenvalue weighted by molar-refractivity contribution is 7.80.